The van der Waals surface area contributed by atoms with Gasteiger partial charge in [-0.15, -0.1) is 0 Å². The monoisotopic (exact) mass is 290 g/mol. The molecule has 0 aromatic carbocycles. The number of likely N-dealkylation sites (tertiary alicyclic amines) is 1. The molecule has 0 unspecified atom stereocenters. The van der Waals surface area contributed by atoms with Crippen LogP contribution in [0.5, 0.6) is 5.88 Å². The Bertz CT molecular complexity index is 496. The van der Waals surface area contributed by atoms with E-state index in [-0.39, 0.29) is 11.0 Å². The maximum Gasteiger partial charge on any atom is 0.262 e. The molecule has 0 bridgehead atoms. The molecule has 2 heterocycles. The van der Waals surface area contributed by atoms with Crippen molar-refractivity contribution in [2.75, 3.05) is 20.1 Å². The van der Waals surface area contributed by atoms with E-state index in [1.807, 2.05) is 0 Å². The van der Waals surface area contributed by atoms with Crippen LogP contribution in [0.4, 0.5) is 0 Å². The van der Waals surface area contributed by atoms with Crippen LogP contribution in [0, 0.1) is 0 Å². The van der Waals surface area contributed by atoms with Crippen LogP contribution < -0.4 is 4.74 Å². The number of hydrogen-bond acceptors (Lipinski definition) is 5. The number of aromatic nitrogens is 1. The number of pyridine rings is 1. The standard InChI is InChI=1S/C11H15ClN2O3S/c1-14-6-4-9(5-7-14)17-11-3-2-10(8-13-11)18(12,15)16/h2-3,8-9H,4-7H2,1H3. The summed E-state index contributed by atoms with van der Waals surface area (Å²) < 4.78 is 27.8. The fourth-order valence-electron chi connectivity index (χ4n) is 1.85. The lowest BCUT2D eigenvalue weighted by Crippen LogP contribution is -2.35. The topological polar surface area (TPSA) is 59.5 Å². The van der Waals surface area contributed by atoms with Gasteiger partial charge in [-0.25, -0.2) is 13.4 Å². The van der Waals surface area contributed by atoms with Crippen LogP contribution in [0.15, 0.2) is 23.2 Å². The van der Waals surface area contributed by atoms with Crippen LogP contribution in [0.1, 0.15) is 12.8 Å². The number of halogens is 1. The number of ether oxygens (including phenoxy) is 1. The molecule has 5 nitrogen and oxygen atoms in total. The van der Waals surface area contributed by atoms with E-state index in [2.05, 4.69) is 16.9 Å². The van der Waals surface area contributed by atoms with Gasteiger partial charge in [-0.1, -0.05) is 0 Å². The van der Waals surface area contributed by atoms with Crippen molar-refractivity contribution in [1.29, 1.82) is 0 Å². The minimum atomic E-state index is -3.71. The Balaban J connectivity index is 1.98. The number of nitrogens with zero attached hydrogens (tertiary/aromatic N) is 2. The molecule has 0 saturated carbocycles. The van der Waals surface area contributed by atoms with Crippen LogP contribution in [0.25, 0.3) is 0 Å². The van der Waals surface area contributed by atoms with Gasteiger partial charge in [-0.05, 0) is 26.0 Å². The lowest BCUT2D eigenvalue weighted by molar-refractivity contribution is 0.110. The van der Waals surface area contributed by atoms with Gasteiger partial charge in [0.25, 0.3) is 9.05 Å². The third-order valence-corrected chi connectivity index (χ3v) is 4.28. The van der Waals surface area contributed by atoms with Crippen molar-refractivity contribution in [3.05, 3.63) is 18.3 Å². The highest BCUT2D eigenvalue weighted by Gasteiger charge is 2.18. The van der Waals surface area contributed by atoms with Crippen molar-refractivity contribution in [1.82, 2.24) is 9.88 Å². The summed E-state index contributed by atoms with van der Waals surface area (Å²) in [4.78, 5) is 6.19. The number of hydrogen-bond donors (Lipinski definition) is 0. The summed E-state index contributed by atoms with van der Waals surface area (Å²) in [6.45, 7) is 2.00. The first-order chi connectivity index (χ1) is 8.45. The Labute approximate surface area is 111 Å². The van der Waals surface area contributed by atoms with E-state index < -0.39 is 9.05 Å². The summed E-state index contributed by atoms with van der Waals surface area (Å²) in [6.07, 6.45) is 3.26. The highest BCUT2D eigenvalue weighted by Crippen LogP contribution is 2.19. The fraction of sp³-hybridized carbons (Fsp3) is 0.545. The molecule has 2 rings (SSSR count). The predicted octanol–water partition coefficient (Wildman–Crippen LogP) is 1.48. The second kappa shape index (κ2) is 5.42. The molecule has 0 amide bonds. The molecule has 0 spiro atoms. The zero-order valence-electron chi connectivity index (χ0n) is 10.0. The van der Waals surface area contributed by atoms with Crippen molar-refractivity contribution in [3.8, 4) is 5.88 Å². The van der Waals surface area contributed by atoms with Crippen molar-refractivity contribution < 1.29 is 13.2 Å². The van der Waals surface area contributed by atoms with Crippen LogP contribution in [-0.4, -0.2) is 44.5 Å². The van der Waals surface area contributed by atoms with Gasteiger partial charge in [-0.3, -0.25) is 0 Å². The quantitative estimate of drug-likeness (QED) is 0.789. The predicted molar refractivity (Wildman–Crippen MR) is 68.4 cm³/mol. The van der Waals surface area contributed by atoms with Gasteiger partial charge in [0, 0.05) is 29.8 Å². The summed E-state index contributed by atoms with van der Waals surface area (Å²) in [5.74, 6) is 0.439. The molecule has 100 valence electrons. The van der Waals surface area contributed by atoms with E-state index in [9.17, 15) is 8.42 Å². The van der Waals surface area contributed by atoms with Gasteiger partial charge < -0.3 is 9.64 Å². The average Bonchev–Trinajstić information content (AvgIpc) is 2.32. The molecule has 7 heteroatoms. The Kier molecular flexibility index (Phi) is 4.09. The van der Waals surface area contributed by atoms with Crippen molar-refractivity contribution in [2.45, 2.75) is 23.8 Å². The summed E-state index contributed by atoms with van der Waals surface area (Å²) in [5.41, 5.74) is 0. The van der Waals surface area contributed by atoms with E-state index in [0.29, 0.717) is 5.88 Å². The summed E-state index contributed by atoms with van der Waals surface area (Å²) in [5, 5.41) is 0. The molecule has 1 aliphatic heterocycles. The first-order valence-corrected chi connectivity index (χ1v) is 8.02. The van der Waals surface area contributed by atoms with E-state index >= 15 is 0 Å². The van der Waals surface area contributed by atoms with Crippen LogP contribution >= 0.6 is 10.7 Å². The van der Waals surface area contributed by atoms with Gasteiger partial charge in [0.05, 0.1) is 6.20 Å². The van der Waals surface area contributed by atoms with Gasteiger partial charge in [0.1, 0.15) is 11.0 Å². The fourth-order valence-corrected chi connectivity index (χ4v) is 2.54. The van der Waals surface area contributed by atoms with E-state index in [0.717, 1.165) is 25.9 Å². The first kappa shape index (κ1) is 13.6. The maximum atomic E-state index is 11.0. The Morgan fingerprint density at radius 1 is 1.39 bits per heavy atom. The Morgan fingerprint density at radius 2 is 2.06 bits per heavy atom. The van der Waals surface area contributed by atoms with E-state index in [1.165, 1.54) is 18.3 Å². The lowest BCUT2D eigenvalue weighted by Gasteiger charge is -2.28. The third kappa shape index (κ3) is 3.57. The second-order valence-electron chi connectivity index (χ2n) is 4.39. The Morgan fingerprint density at radius 3 is 2.56 bits per heavy atom. The second-order valence-corrected chi connectivity index (χ2v) is 6.96. The molecular weight excluding hydrogens is 276 g/mol. The molecule has 1 aromatic rings. The minimum absolute atomic E-state index is 0.0140. The first-order valence-electron chi connectivity index (χ1n) is 5.71. The summed E-state index contributed by atoms with van der Waals surface area (Å²) >= 11 is 0. The average molecular weight is 291 g/mol. The smallest absolute Gasteiger partial charge is 0.262 e. The minimum Gasteiger partial charge on any atom is -0.474 e. The highest BCUT2D eigenvalue weighted by atomic mass is 35.7. The Hall–Kier alpha value is -0.850. The zero-order valence-corrected chi connectivity index (χ0v) is 11.6. The molecule has 0 N–H and O–H groups in total. The third-order valence-electron chi connectivity index (χ3n) is 2.94. The largest absolute Gasteiger partial charge is 0.474 e. The van der Waals surface area contributed by atoms with E-state index in [4.69, 9.17) is 15.4 Å². The van der Waals surface area contributed by atoms with Gasteiger partial charge in [0.2, 0.25) is 5.88 Å². The highest BCUT2D eigenvalue weighted by molar-refractivity contribution is 8.13. The number of piperidine rings is 1. The van der Waals surface area contributed by atoms with E-state index in [1.54, 1.807) is 0 Å². The molecule has 0 aliphatic carbocycles. The molecule has 1 aliphatic rings. The molecular formula is C11H15ClN2O3S. The van der Waals surface area contributed by atoms with Crippen molar-refractivity contribution in [2.24, 2.45) is 0 Å². The maximum absolute atomic E-state index is 11.0. The molecule has 1 fully saturated rings. The zero-order chi connectivity index (χ0) is 13.2. The summed E-state index contributed by atoms with van der Waals surface area (Å²) in [7, 11) is 3.57. The van der Waals surface area contributed by atoms with Crippen LogP contribution in [0.2, 0.25) is 0 Å². The molecule has 1 aromatic heterocycles. The van der Waals surface area contributed by atoms with Gasteiger partial charge in [0.15, 0.2) is 0 Å². The molecule has 0 atom stereocenters. The normalized spacial score (nSPS) is 18.8. The number of rotatable bonds is 3. The van der Waals surface area contributed by atoms with Gasteiger partial charge in [-0.2, -0.15) is 0 Å². The SMILES string of the molecule is CN1CCC(Oc2ccc(S(=O)(=O)Cl)cn2)CC1. The summed E-state index contributed by atoms with van der Waals surface area (Å²) in [6, 6.07) is 2.94. The van der Waals surface area contributed by atoms with Gasteiger partial charge >= 0.3 is 0 Å². The molecule has 18 heavy (non-hydrogen) atoms. The molecule has 0 radical (unpaired) electrons. The van der Waals surface area contributed by atoms with Crippen molar-refractivity contribution >= 4 is 19.7 Å². The van der Waals surface area contributed by atoms with Crippen LogP contribution in [0.3, 0.4) is 0 Å². The van der Waals surface area contributed by atoms with Crippen LogP contribution in [-0.2, 0) is 9.05 Å². The lowest BCUT2D eigenvalue weighted by atomic mass is 10.1. The van der Waals surface area contributed by atoms with Crippen molar-refractivity contribution in [3.63, 3.8) is 0 Å². The molecule has 1 saturated heterocycles.